The number of imidazole rings is 1. The highest BCUT2D eigenvalue weighted by molar-refractivity contribution is 5.81. The van der Waals surface area contributed by atoms with Gasteiger partial charge in [-0.1, -0.05) is 0 Å². The molecule has 1 aromatic rings. The van der Waals surface area contributed by atoms with Gasteiger partial charge in [0.05, 0.1) is 17.4 Å². The first-order chi connectivity index (χ1) is 7.38. The van der Waals surface area contributed by atoms with E-state index in [4.69, 9.17) is 5.73 Å². The summed E-state index contributed by atoms with van der Waals surface area (Å²) in [5, 5.41) is 2.66. The zero-order valence-corrected chi connectivity index (χ0v) is 10.3. The maximum atomic E-state index is 11.7. The molecule has 0 saturated carbocycles. The summed E-state index contributed by atoms with van der Waals surface area (Å²) in [7, 11) is 1.64. The van der Waals surface area contributed by atoms with Crippen LogP contribution in [-0.2, 0) is 11.3 Å². The molecule has 90 valence electrons. The second kappa shape index (κ2) is 4.65. The average Bonchev–Trinajstić information content (AvgIpc) is 2.63. The van der Waals surface area contributed by atoms with Crippen LogP contribution in [0.5, 0.6) is 0 Å². The summed E-state index contributed by atoms with van der Waals surface area (Å²) in [6, 6.07) is -0.0806. The lowest BCUT2D eigenvalue weighted by molar-refractivity contribution is -0.129. The highest BCUT2D eigenvalue weighted by atomic mass is 16.2. The lowest BCUT2D eigenvalue weighted by atomic mass is 9.92. The number of amides is 1. The van der Waals surface area contributed by atoms with Crippen LogP contribution in [0.4, 0.5) is 0 Å². The van der Waals surface area contributed by atoms with Crippen LogP contribution in [0, 0.1) is 5.41 Å². The number of nitrogens with zero attached hydrogens (tertiary/aromatic N) is 2. The monoisotopic (exact) mass is 224 g/mol. The molecular weight excluding hydrogens is 204 g/mol. The van der Waals surface area contributed by atoms with Crippen LogP contribution in [0.15, 0.2) is 12.5 Å². The predicted octanol–water partition coefficient (Wildman–Crippen LogP) is 0.675. The van der Waals surface area contributed by atoms with Crippen molar-refractivity contribution in [2.45, 2.75) is 33.4 Å². The van der Waals surface area contributed by atoms with Crippen molar-refractivity contribution in [2.24, 2.45) is 11.1 Å². The molecule has 0 fully saturated rings. The van der Waals surface area contributed by atoms with Gasteiger partial charge in [-0.2, -0.15) is 0 Å². The van der Waals surface area contributed by atoms with E-state index >= 15 is 0 Å². The van der Waals surface area contributed by atoms with E-state index in [2.05, 4.69) is 10.3 Å². The summed E-state index contributed by atoms with van der Waals surface area (Å²) in [4.78, 5) is 15.7. The molecule has 3 N–H and O–H groups in total. The third-order valence-corrected chi connectivity index (χ3v) is 2.62. The van der Waals surface area contributed by atoms with Crippen molar-refractivity contribution >= 4 is 5.91 Å². The Morgan fingerprint density at radius 3 is 2.81 bits per heavy atom. The summed E-state index contributed by atoms with van der Waals surface area (Å²) in [5.41, 5.74) is 6.29. The fourth-order valence-corrected chi connectivity index (χ4v) is 1.68. The molecule has 1 atom stereocenters. The fourth-order valence-electron chi connectivity index (χ4n) is 1.68. The van der Waals surface area contributed by atoms with Gasteiger partial charge in [-0.15, -0.1) is 0 Å². The molecule has 0 radical (unpaired) electrons. The number of aromatic nitrogens is 2. The van der Waals surface area contributed by atoms with Crippen molar-refractivity contribution in [1.29, 1.82) is 0 Å². The Kier molecular flexibility index (Phi) is 3.70. The molecule has 0 aliphatic heterocycles. The minimum absolute atomic E-state index is 0.0109. The Hall–Kier alpha value is -1.36. The van der Waals surface area contributed by atoms with Crippen LogP contribution in [0.1, 0.15) is 32.5 Å². The Morgan fingerprint density at radius 1 is 1.69 bits per heavy atom. The molecule has 0 aliphatic carbocycles. The van der Waals surface area contributed by atoms with E-state index in [-0.39, 0.29) is 11.9 Å². The number of nitrogens with one attached hydrogen (secondary N) is 1. The van der Waals surface area contributed by atoms with E-state index < -0.39 is 5.41 Å². The maximum absolute atomic E-state index is 11.7. The summed E-state index contributed by atoms with van der Waals surface area (Å²) in [6.45, 7) is 6.28. The third-order valence-electron chi connectivity index (χ3n) is 2.62. The van der Waals surface area contributed by atoms with Gasteiger partial charge in [-0.3, -0.25) is 4.79 Å². The molecule has 5 heteroatoms. The number of hydrogen-bond acceptors (Lipinski definition) is 3. The molecule has 0 spiro atoms. The van der Waals surface area contributed by atoms with E-state index in [9.17, 15) is 4.79 Å². The number of carbonyl (C=O) groups is 1. The largest absolute Gasteiger partial charge is 0.359 e. The van der Waals surface area contributed by atoms with Crippen LogP contribution >= 0.6 is 0 Å². The molecule has 0 saturated heterocycles. The Balaban J connectivity index is 2.88. The van der Waals surface area contributed by atoms with E-state index in [0.29, 0.717) is 6.54 Å². The second-order valence-electron chi connectivity index (χ2n) is 4.70. The highest BCUT2D eigenvalue weighted by Crippen LogP contribution is 2.20. The molecule has 5 nitrogen and oxygen atoms in total. The summed E-state index contributed by atoms with van der Waals surface area (Å²) < 4.78 is 1.93. The first-order valence-electron chi connectivity index (χ1n) is 5.36. The van der Waals surface area contributed by atoms with Gasteiger partial charge in [0.1, 0.15) is 0 Å². The Labute approximate surface area is 96.0 Å². The molecule has 1 aromatic heterocycles. The fraction of sp³-hybridized carbons (Fsp3) is 0.636. The van der Waals surface area contributed by atoms with Crippen LogP contribution in [0.25, 0.3) is 0 Å². The van der Waals surface area contributed by atoms with Crippen LogP contribution in [0.3, 0.4) is 0 Å². The van der Waals surface area contributed by atoms with E-state index in [1.807, 2.05) is 25.3 Å². The van der Waals surface area contributed by atoms with Gasteiger partial charge in [0.15, 0.2) is 0 Å². The van der Waals surface area contributed by atoms with Gasteiger partial charge in [0, 0.05) is 25.8 Å². The Bertz CT molecular complexity index is 368. The number of rotatable bonds is 4. The smallest absolute Gasteiger partial charge is 0.227 e. The number of hydrogen-bond donors (Lipinski definition) is 2. The topological polar surface area (TPSA) is 72.9 Å². The Morgan fingerprint density at radius 2 is 2.31 bits per heavy atom. The maximum Gasteiger partial charge on any atom is 0.227 e. The number of nitrogens with two attached hydrogens (primary N) is 1. The summed E-state index contributed by atoms with van der Waals surface area (Å²) in [5.74, 6) is 0.0109. The molecule has 1 amide bonds. The van der Waals surface area contributed by atoms with Gasteiger partial charge in [-0.25, -0.2) is 4.98 Å². The molecular formula is C11H20N4O. The van der Waals surface area contributed by atoms with Crippen LogP contribution < -0.4 is 11.1 Å². The molecule has 1 rings (SSSR count). The van der Waals surface area contributed by atoms with Crippen molar-refractivity contribution in [3.05, 3.63) is 18.2 Å². The van der Waals surface area contributed by atoms with Crippen molar-refractivity contribution < 1.29 is 4.79 Å². The first-order valence-corrected chi connectivity index (χ1v) is 5.36. The second-order valence-corrected chi connectivity index (χ2v) is 4.70. The minimum atomic E-state index is -0.473. The quantitative estimate of drug-likeness (QED) is 0.789. The zero-order valence-electron chi connectivity index (χ0n) is 10.3. The molecule has 1 heterocycles. The van der Waals surface area contributed by atoms with Gasteiger partial charge in [0.2, 0.25) is 5.91 Å². The zero-order chi connectivity index (χ0) is 12.3. The van der Waals surface area contributed by atoms with Gasteiger partial charge in [-0.05, 0) is 20.8 Å². The molecule has 0 aliphatic rings. The average molecular weight is 224 g/mol. The van der Waals surface area contributed by atoms with Crippen LogP contribution in [0.2, 0.25) is 0 Å². The van der Waals surface area contributed by atoms with Crippen molar-refractivity contribution in [3.8, 4) is 0 Å². The molecule has 1 unspecified atom stereocenters. The van der Waals surface area contributed by atoms with Crippen molar-refractivity contribution in [2.75, 3.05) is 7.05 Å². The lowest BCUT2D eigenvalue weighted by Gasteiger charge is -2.24. The standard InChI is InChI=1S/C11H20N4O/c1-8(12)9-5-14-7-15(9)6-11(2,3)10(16)13-4/h5,7-8H,6,12H2,1-4H3,(H,13,16). The van der Waals surface area contributed by atoms with Crippen LogP contribution in [-0.4, -0.2) is 22.5 Å². The van der Waals surface area contributed by atoms with Crippen molar-refractivity contribution in [1.82, 2.24) is 14.9 Å². The highest BCUT2D eigenvalue weighted by Gasteiger charge is 2.28. The minimum Gasteiger partial charge on any atom is -0.359 e. The normalized spacial score (nSPS) is 13.6. The first kappa shape index (κ1) is 12.7. The number of carbonyl (C=O) groups excluding carboxylic acids is 1. The summed E-state index contributed by atoms with van der Waals surface area (Å²) in [6.07, 6.45) is 3.45. The van der Waals surface area contributed by atoms with Gasteiger partial charge < -0.3 is 15.6 Å². The van der Waals surface area contributed by atoms with E-state index in [1.54, 1.807) is 19.6 Å². The van der Waals surface area contributed by atoms with Gasteiger partial charge in [0.25, 0.3) is 0 Å². The molecule has 16 heavy (non-hydrogen) atoms. The lowest BCUT2D eigenvalue weighted by Crippen LogP contribution is -2.38. The SMILES string of the molecule is CNC(=O)C(C)(C)Cn1cncc1C(C)N. The van der Waals surface area contributed by atoms with Gasteiger partial charge >= 0.3 is 0 Å². The molecule has 0 bridgehead atoms. The van der Waals surface area contributed by atoms with E-state index in [1.165, 1.54) is 0 Å². The van der Waals surface area contributed by atoms with Crippen molar-refractivity contribution in [3.63, 3.8) is 0 Å². The molecule has 0 aromatic carbocycles. The van der Waals surface area contributed by atoms with E-state index in [0.717, 1.165) is 5.69 Å². The summed E-state index contributed by atoms with van der Waals surface area (Å²) >= 11 is 0. The third kappa shape index (κ3) is 2.61. The predicted molar refractivity (Wildman–Crippen MR) is 62.7 cm³/mol.